The SMILES string of the molecule is CC(C)C1C(=O)N=C(N2CCCNCC2)NC1=O. The third kappa shape index (κ3) is 2.69. The van der Waals surface area contributed by atoms with E-state index in [4.69, 9.17) is 0 Å². The van der Waals surface area contributed by atoms with Crippen molar-refractivity contribution in [2.75, 3.05) is 26.2 Å². The van der Waals surface area contributed by atoms with Gasteiger partial charge < -0.3 is 10.2 Å². The van der Waals surface area contributed by atoms with Gasteiger partial charge in [0.05, 0.1) is 0 Å². The zero-order valence-electron chi connectivity index (χ0n) is 10.9. The van der Waals surface area contributed by atoms with Crippen molar-refractivity contribution in [1.29, 1.82) is 0 Å². The molecule has 0 aromatic rings. The molecule has 0 aromatic carbocycles. The highest BCUT2D eigenvalue weighted by Crippen LogP contribution is 2.16. The van der Waals surface area contributed by atoms with Crippen molar-refractivity contribution in [3.8, 4) is 0 Å². The molecule has 2 aliphatic heterocycles. The molecule has 100 valence electrons. The van der Waals surface area contributed by atoms with E-state index in [1.165, 1.54) is 0 Å². The van der Waals surface area contributed by atoms with Crippen molar-refractivity contribution in [1.82, 2.24) is 15.5 Å². The van der Waals surface area contributed by atoms with E-state index < -0.39 is 5.92 Å². The fourth-order valence-electron chi connectivity index (χ4n) is 2.30. The fourth-order valence-corrected chi connectivity index (χ4v) is 2.30. The predicted octanol–water partition coefficient (Wildman–Crippen LogP) is -0.434. The maximum absolute atomic E-state index is 11.9. The number of guanidine groups is 1. The second-order valence-corrected chi connectivity index (χ2v) is 5.08. The summed E-state index contributed by atoms with van der Waals surface area (Å²) in [5.74, 6) is -0.781. The largest absolute Gasteiger partial charge is 0.341 e. The van der Waals surface area contributed by atoms with Gasteiger partial charge in [0.15, 0.2) is 0 Å². The van der Waals surface area contributed by atoms with Crippen LogP contribution in [-0.4, -0.2) is 48.9 Å². The molecule has 1 saturated heterocycles. The summed E-state index contributed by atoms with van der Waals surface area (Å²) in [4.78, 5) is 29.8. The lowest BCUT2D eigenvalue weighted by Gasteiger charge is -2.29. The molecule has 6 heteroatoms. The maximum Gasteiger partial charge on any atom is 0.261 e. The van der Waals surface area contributed by atoms with Crippen molar-refractivity contribution in [3.63, 3.8) is 0 Å². The van der Waals surface area contributed by atoms with E-state index in [-0.39, 0.29) is 17.7 Å². The summed E-state index contributed by atoms with van der Waals surface area (Å²) in [5, 5.41) is 6.04. The molecule has 0 spiro atoms. The predicted molar refractivity (Wildman–Crippen MR) is 68.0 cm³/mol. The zero-order valence-corrected chi connectivity index (χ0v) is 10.9. The smallest absolute Gasteiger partial charge is 0.261 e. The molecule has 2 amide bonds. The maximum atomic E-state index is 11.9. The molecule has 2 rings (SSSR count). The van der Waals surface area contributed by atoms with Crippen LogP contribution in [0, 0.1) is 11.8 Å². The minimum Gasteiger partial charge on any atom is -0.341 e. The van der Waals surface area contributed by atoms with Gasteiger partial charge in [-0.25, -0.2) is 0 Å². The molecule has 1 fully saturated rings. The van der Waals surface area contributed by atoms with Crippen LogP contribution in [0.3, 0.4) is 0 Å². The second-order valence-electron chi connectivity index (χ2n) is 5.08. The summed E-state index contributed by atoms with van der Waals surface area (Å²) < 4.78 is 0. The van der Waals surface area contributed by atoms with E-state index in [1.807, 2.05) is 18.7 Å². The Kier molecular flexibility index (Phi) is 3.96. The van der Waals surface area contributed by atoms with Crippen molar-refractivity contribution in [2.45, 2.75) is 20.3 Å². The van der Waals surface area contributed by atoms with Crippen LogP contribution in [0.2, 0.25) is 0 Å². The number of nitrogens with one attached hydrogen (secondary N) is 2. The number of rotatable bonds is 1. The van der Waals surface area contributed by atoms with Gasteiger partial charge in [-0.15, -0.1) is 0 Å². The van der Waals surface area contributed by atoms with E-state index >= 15 is 0 Å². The number of nitrogens with zero attached hydrogens (tertiary/aromatic N) is 2. The number of carbonyl (C=O) groups excluding carboxylic acids is 2. The Morgan fingerprint density at radius 3 is 2.72 bits per heavy atom. The lowest BCUT2D eigenvalue weighted by molar-refractivity contribution is -0.135. The third-order valence-corrected chi connectivity index (χ3v) is 3.31. The van der Waals surface area contributed by atoms with Gasteiger partial charge in [0, 0.05) is 19.6 Å². The first-order valence-electron chi connectivity index (χ1n) is 6.48. The Morgan fingerprint density at radius 1 is 1.28 bits per heavy atom. The zero-order chi connectivity index (χ0) is 13.1. The highest BCUT2D eigenvalue weighted by atomic mass is 16.2. The summed E-state index contributed by atoms with van der Waals surface area (Å²) in [5.41, 5.74) is 0. The first kappa shape index (κ1) is 13.0. The Labute approximate surface area is 107 Å². The quantitative estimate of drug-likeness (QED) is 0.621. The topological polar surface area (TPSA) is 73.8 Å². The average molecular weight is 252 g/mol. The Bertz CT molecular complexity index is 370. The molecule has 2 N–H and O–H groups in total. The monoisotopic (exact) mass is 252 g/mol. The molecule has 6 nitrogen and oxygen atoms in total. The molecule has 2 aliphatic rings. The molecule has 0 radical (unpaired) electrons. The first-order chi connectivity index (χ1) is 8.59. The van der Waals surface area contributed by atoms with E-state index in [1.54, 1.807) is 0 Å². The van der Waals surface area contributed by atoms with E-state index in [0.717, 1.165) is 32.6 Å². The molecular weight excluding hydrogens is 232 g/mol. The van der Waals surface area contributed by atoms with Gasteiger partial charge in [-0.05, 0) is 18.9 Å². The Morgan fingerprint density at radius 2 is 2.06 bits per heavy atom. The fraction of sp³-hybridized carbons (Fsp3) is 0.750. The first-order valence-corrected chi connectivity index (χ1v) is 6.48. The number of amides is 2. The van der Waals surface area contributed by atoms with Crippen molar-refractivity contribution in [2.24, 2.45) is 16.8 Å². The van der Waals surface area contributed by atoms with Crippen molar-refractivity contribution < 1.29 is 9.59 Å². The van der Waals surface area contributed by atoms with E-state index in [2.05, 4.69) is 15.6 Å². The highest BCUT2D eigenvalue weighted by molar-refractivity contribution is 6.15. The average Bonchev–Trinajstić information content (AvgIpc) is 2.55. The highest BCUT2D eigenvalue weighted by Gasteiger charge is 2.35. The second kappa shape index (κ2) is 5.48. The lowest BCUT2D eigenvalue weighted by Crippen LogP contribution is -2.53. The molecule has 2 heterocycles. The number of aliphatic imine (C=N–C) groups is 1. The molecule has 0 aliphatic carbocycles. The third-order valence-electron chi connectivity index (χ3n) is 3.31. The van der Waals surface area contributed by atoms with Crippen LogP contribution < -0.4 is 10.6 Å². The molecule has 1 unspecified atom stereocenters. The molecule has 0 saturated carbocycles. The van der Waals surface area contributed by atoms with Crippen LogP contribution in [0.4, 0.5) is 0 Å². The van der Waals surface area contributed by atoms with E-state index in [9.17, 15) is 9.59 Å². The summed E-state index contributed by atoms with van der Waals surface area (Å²) >= 11 is 0. The Hall–Kier alpha value is -1.43. The molecule has 0 bridgehead atoms. The summed E-state index contributed by atoms with van der Waals surface area (Å²) in [7, 11) is 0. The minimum absolute atomic E-state index is 0.0198. The van der Waals surface area contributed by atoms with Crippen LogP contribution in [0.5, 0.6) is 0 Å². The standard InChI is InChI=1S/C12H20N4O2/c1-8(2)9-10(17)14-12(15-11(9)18)16-6-3-4-13-5-7-16/h8-9,13H,3-7H2,1-2H3,(H,14,15,17,18). The molecule has 18 heavy (non-hydrogen) atoms. The van der Waals surface area contributed by atoms with Gasteiger partial charge in [0.1, 0.15) is 5.92 Å². The number of carbonyl (C=O) groups is 2. The van der Waals surface area contributed by atoms with Gasteiger partial charge in [0.2, 0.25) is 11.9 Å². The lowest BCUT2D eigenvalue weighted by atomic mass is 9.93. The van der Waals surface area contributed by atoms with Crippen LogP contribution in [0.15, 0.2) is 4.99 Å². The van der Waals surface area contributed by atoms with Gasteiger partial charge >= 0.3 is 0 Å². The van der Waals surface area contributed by atoms with Crippen LogP contribution in [0.1, 0.15) is 20.3 Å². The van der Waals surface area contributed by atoms with Crippen LogP contribution >= 0.6 is 0 Å². The molecular formula is C12H20N4O2. The summed E-state index contributed by atoms with van der Waals surface area (Å²) in [6.07, 6.45) is 0.983. The molecule has 1 atom stereocenters. The van der Waals surface area contributed by atoms with Crippen LogP contribution in [-0.2, 0) is 9.59 Å². The van der Waals surface area contributed by atoms with Gasteiger partial charge in [-0.1, -0.05) is 13.8 Å². The minimum atomic E-state index is -0.640. The summed E-state index contributed by atoms with van der Waals surface area (Å²) in [6.45, 7) is 7.10. The summed E-state index contributed by atoms with van der Waals surface area (Å²) in [6, 6.07) is 0. The van der Waals surface area contributed by atoms with Gasteiger partial charge in [0.25, 0.3) is 5.91 Å². The van der Waals surface area contributed by atoms with Gasteiger partial charge in [-0.3, -0.25) is 14.9 Å². The Balaban J connectivity index is 2.13. The van der Waals surface area contributed by atoms with Crippen LogP contribution in [0.25, 0.3) is 0 Å². The van der Waals surface area contributed by atoms with E-state index in [0.29, 0.717) is 5.96 Å². The van der Waals surface area contributed by atoms with Crippen molar-refractivity contribution >= 4 is 17.8 Å². The number of hydrogen-bond donors (Lipinski definition) is 2. The van der Waals surface area contributed by atoms with Gasteiger partial charge in [-0.2, -0.15) is 4.99 Å². The van der Waals surface area contributed by atoms with Crippen molar-refractivity contribution in [3.05, 3.63) is 0 Å². The number of hydrogen-bond acceptors (Lipinski definition) is 4. The molecule has 0 aromatic heterocycles. The normalized spacial score (nSPS) is 25.8.